The van der Waals surface area contributed by atoms with Crippen LogP contribution in [-0.2, 0) is 32.3 Å². The van der Waals surface area contributed by atoms with Crippen molar-refractivity contribution in [3.8, 4) is 11.4 Å². The molecule has 0 aliphatic heterocycles. The molecule has 11 nitrogen and oxygen atoms in total. The smallest absolute Gasteiger partial charge is 0.328 e. The van der Waals surface area contributed by atoms with Gasteiger partial charge in [0.05, 0.1) is 0 Å². The average Bonchev–Trinajstić information content (AvgIpc) is 3.31. The number of hydrogen-bond donors (Lipinski definition) is 5. The molecule has 0 unspecified atom stereocenters. The Kier molecular flexibility index (Phi) is 13.5. The minimum absolute atomic E-state index is 0.253. The normalized spacial score (nSPS) is 10.4. The van der Waals surface area contributed by atoms with Crippen LogP contribution in [0, 0.1) is 5.82 Å². The summed E-state index contributed by atoms with van der Waals surface area (Å²) in [6, 6.07) is 16.8. The second-order valence-electron chi connectivity index (χ2n) is 7.44. The van der Waals surface area contributed by atoms with Crippen LogP contribution in [0.15, 0.2) is 85.1 Å². The number of aliphatic carboxylic acids is 4. The topological polar surface area (TPSA) is 181 Å². The average molecular weight is 528 g/mol. The number of imidazole rings is 1. The second kappa shape index (κ2) is 16.5. The number of H-pyrrole nitrogens is 1. The molecule has 0 saturated heterocycles. The highest BCUT2D eigenvalue weighted by Gasteiger charge is 2.07. The Balaban J connectivity index is 0.000000374. The largest absolute Gasteiger partial charge is 0.478 e. The molecule has 0 aliphatic rings. The van der Waals surface area contributed by atoms with Crippen LogP contribution in [0.4, 0.5) is 4.39 Å². The van der Waals surface area contributed by atoms with Crippen LogP contribution in [0.2, 0.25) is 0 Å². The number of carbonyl (C=O) groups is 4. The lowest BCUT2D eigenvalue weighted by molar-refractivity contribution is -0.134. The van der Waals surface area contributed by atoms with Crippen LogP contribution in [0.3, 0.4) is 0 Å². The Morgan fingerprint density at radius 2 is 1.34 bits per heavy atom. The molecule has 1 heterocycles. The summed E-state index contributed by atoms with van der Waals surface area (Å²) in [6.45, 7) is 1.63. The van der Waals surface area contributed by atoms with Crippen LogP contribution < -0.4 is 0 Å². The lowest BCUT2D eigenvalue weighted by Gasteiger charge is -2.15. The quantitative estimate of drug-likeness (QED) is 0.259. The maximum Gasteiger partial charge on any atom is 0.328 e. The summed E-state index contributed by atoms with van der Waals surface area (Å²) in [5.74, 6) is -4.58. The summed E-state index contributed by atoms with van der Waals surface area (Å²) in [5, 5.41) is 31.2. The summed E-state index contributed by atoms with van der Waals surface area (Å²) in [7, 11) is 2.07. The summed E-state index contributed by atoms with van der Waals surface area (Å²) >= 11 is 0. The Hall–Kier alpha value is -5.10. The molecule has 2 aromatic carbocycles. The molecule has 200 valence electrons. The molecule has 0 bridgehead atoms. The van der Waals surface area contributed by atoms with Gasteiger partial charge in [0, 0.05) is 54.8 Å². The number of aromatic nitrogens is 2. The van der Waals surface area contributed by atoms with Gasteiger partial charge >= 0.3 is 23.9 Å². The fourth-order valence-electron chi connectivity index (χ4n) is 2.75. The Morgan fingerprint density at radius 1 is 0.816 bits per heavy atom. The van der Waals surface area contributed by atoms with E-state index >= 15 is 0 Å². The molecular formula is C26H26FN3O8. The van der Waals surface area contributed by atoms with Crippen molar-refractivity contribution in [2.75, 3.05) is 7.05 Å². The number of nitrogens with zero attached hydrogens (tertiary/aromatic N) is 2. The third-order valence-electron chi connectivity index (χ3n) is 4.20. The van der Waals surface area contributed by atoms with Crippen LogP contribution in [0.5, 0.6) is 0 Å². The highest BCUT2D eigenvalue weighted by molar-refractivity contribution is 5.90. The summed E-state index contributed by atoms with van der Waals surface area (Å²) < 4.78 is 13.3. The minimum atomic E-state index is -1.26. The SMILES string of the molecule is CN(Cc1ccccc1)Cc1cnc(-c2cccc(F)c2)[nH]1.O=C(O)/C=C\C(=O)O.O=C(O)/C=C\C(=O)O. The van der Waals surface area contributed by atoms with Crippen molar-refractivity contribution in [1.82, 2.24) is 14.9 Å². The number of aromatic amines is 1. The van der Waals surface area contributed by atoms with Gasteiger partial charge in [-0.05, 0) is 24.7 Å². The van der Waals surface area contributed by atoms with Crippen LogP contribution in [0.25, 0.3) is 11.4 Å². The Bertz CT molecular complexity index is 1210. The third kappa shape index (κ3) is 14.3. The van der Waals surface area contributed by atoms with E-state index in [1.807, 2.05) is 30.5 Å². The summed E-state index contributed by atoms with van der Waals surface area (Å²) in [5.41, 5.74) is 3.05. The van der Waals surface area contributed by atoms with Crippen molar-refractivity contribution in [3.63, 3.8) is 0 Å². The highest BCUT2D eigenvalue weighted by atomic mass is 19.1. The van der Waals surface area contributed by atoms with E-state index < -0.39 is 23.9 Å². The molecule has 3 aromatic rings. The molecule has 3 rings (SSSR count). The van der Waals surface area contributed by atoms with Crippen molar-refractivity contribution in [2.24, 2.45) is 0 Å². The van der Waals surface area contributed by atoms with Gasteiger partial charge in [-0.1, -0.05) is 42.5 Å². The maximum absolute atomic E-state index is 13.3. The number of nitrogens with one attached hydrogen (secondary N) is 1. The molecule has 0 saturated carbocycles. The predicted molar refractivity (Wildman–Crippen MR) is 134 cm³/mol. The van der Waals surface area contributed by atoms with Gasteiger partial charge in [-0.25, -0.2) is 28.6 Å². The second-order valence-corrected chi connectivity index (χ2v) is 7.44. The monoisotopic (exact) mass is 527 g/mol. The molecule has 5 N–H and O–H groups in total. The zero-order valence-electron chi connectivity index (χ0n) is 20.2. The van der Waals surface area contributed by atoms with Gasteiger partial charge in [0.2, 0.25) is 0 Å². The Morgan fingerprint density at radius 3 is 1.82 bits per heavy atom. The van der Waals surface area contributed by atoms with Gasteiger partial charge in [-0.3, -0.25) is 4.90 Å². The standard InChI is InChI=1S/C18H18FN3.2C4H4O4/c1-22(12-14-6-3-2-4-7-14)13-17-11-20-18(21-17)15-8-5-9-16(19)10-15;2*5-3(6)1-2-4(7)8/h2-11H,12-13H2,1H3,(H,20,21);2*1-2H,(H,5,6)(H,7,8)/b;2*2-1-. The van der Waals surface area contributed by atoms with E-state index in [0.29, 0.717) is 30.1 Å². The summed E-state index contributed by atoms with van der Waals surface area (Å²) in [6.07, 6.45) is 4.04. The van der Waals surface area contributed by atoms with E-state index in [2.05, 4.69) is 34.0 Å². The zero-order valence-corrected chi connectivity index (χ0v) is 20.2. The fraction of sp³-hybridized carbons (Fsp3) is 0.115. The molecule has 1 aromatic heterocycles. The fourth-order valence-corrected chi connectivity index (χ4v) is 2.75. The number of rotatable bonds is 9. The maximum atomic E-state index is 13.3. The lowest BCUT2D eigenvalue weighted by atomic mass is 10.2. The molecule has 0 spiro atoms. The van der Waals surface area contributed by atoms with E-state index in [9.17, 15) is 23.6 Å². The van der Waals surface area contributed by atoms with E-state index in [-0.39, 0.29) is 5.82 Å². The molecule has 0 amide bonds. The van der Waals surface area contributed by atoms with Crippen molar-refractivity contribution in [2.45, 2.75) is 13.1 Å². The molecule has 12 heteroatoms. The Labute approximate surface area is 216 Å². The van der Waals surface area contributed by atoms with E-state index in [1.54, 1.807) is 6.07 Å². The van der Waals surface area contributed by atoms with Gasteiger partial charge in [0.25, 0.3) is 0 Å². The molecule has 0 fully saturated rings. The van der Waals surface area contributed by atoms with Crippen molar-refractivity contribution in [1.29, 1.82) is 0 Å². The number of carboxylic acids is 4. The number of hydrogen-bond acceptors (Lipinski definition) is 6. The van der Waals surface area contributed by atoms with Gasteiger partial charge in [0.1, 0.15) is 11.6 Å². The van der Waals surface area contributed by atoms with E-state index in [4.69, 9.17) is 20.4 Å². The van der Waals surface area contributed by atoms with Gasteiger partial charge in [0.15, 0.2) is 0 Å². The predicted octanol–water partition coefficient (Wildman–Crippen LogP) is 3.27. The first-order valence-corrected chi connectivity index (χ1v) is 10.8. The minimum Gasteiger partial charge on any atom is -0.478 e. The van der Waals surface area contributed by atoms with Gasteiger partial charge < -0.3 is 25.4 Å². The zero-order chi connectivity index (χ0) is 28.5. The van der Waals surface area contributed by atoms with Gasteiger partial charge in [-0.2, -0.15) is 0 Å². The van der Waals surface area contributed by atoms with Crippen LogP contribution >= 0.6 is 0 Å². The lowest BCUT2D eigenvalue weighted by Crippen LogP contribution is -2.17. The number of halogens is 1. The first-order valence-electron chi connectivity index (χ1n) is 10.8. The third-order valence-corrected chi connectivity index (χ3v) is 4.20. The number of benzene rings is 2. The van der Waals surface area contributed by atoms with Crippen LogP contribution in [0.1, 0.15) is 11.3 Å². The molecule has 0 radical (unpaired) electrons. The summed E-state index contributed by atoms with van der Waals surface area (Å²) in [4.78, 5) is 48.0. The van der Waals surface area contributed by atoms with Crippen molar-refractivity contribution in [3.05, 3.63) is 102 Å². The van der Waals surface area contributed by atoms with Crippen molar-refractivity contribution >= 4 is 23.9 Å². The van der Waals surface area contributed by atoms with E-state index in [0.717, 1.165) is 24.3 Å². The molecular weight excluding hydrogens is 501 g/mol. The van der Waals surface area contributed by atoms with Gasteiger partial charge in [-0.15, -0.1) is 0 Å². The first-order chi connectivity index (χ1) is 18.0. The molecule has 0 atom stereocenters. The molecule has 38 heavy (non-hydrogen) atoms. The number of carboxylic acid groups (broad SMARTS) is 4. The van der Waals surface area contributed by atoms with Crippen LogP contribution in [-0.4, -0.2) is 66.2 Å². The highest BCUT2D eigenvalue weighted by Crippen LogP contribution is 2.17. The van der Waals surface area contributed by atoms with E-state index in [1.165, 1.54) is 17.7 Å². The van der Waals surface area contributed by atoms with Crippen molar-refractivity contribution < 1.29 is 44.0 Å². The molecule has 0 aliphatic carbocycles. The first kappa shape index (κ1) is 30.9.